The van der Waals surface area contributed by atoms with Crippen LogP contribution in [0.4, 0.5) is 4.79 Å². The number of urea groups is 1. The second kappa shape index (κ2) is 5.63. The smallest absolute Gasteiger partial charge is 0.326 e. The van der Waals surface area contributed by atoms with Gasteiger partial charge in [-0.25, -0.2) is 9.59 Å². The molecule has 2 rings (SSSR count). The van der Waals surface area contributed by atoms with E-state index in [0.29, 0.717) is 19.6 Å². The van der Waals surface area contributed by atoms with E-state index in [9.17, 15) is 14.7 Å². The Hall–Kier alpha value is -1.52. The number of hydrogen-bond acceptors (Lipinski definition) is 2. The Morgan fingerprint density at radius 2 is 2.11 bits per heavy atom. The Morgan fingerprint density at radius 1 is 1.37 bits per heavy atom. The van der Waals surface area contributed by atoms with Crippen molar-refractivity contribution < 1.29 is 14.7 Å². The van der Waals surface area contributed by atoms with Crippen molar-refractivity contribution in [1.29, 1.82) is 0 Å². The number of carbonyl (C=O) groups excluding carboxylic acids is 1. The fourth-order valence-electron chi connectivity index (χ4n) is 2.91. The average molecular weight is 266 g/mol. The van der Waals surface area contributed by atoms with E-state index in [-0.39, 0.29) is 11.9 Å². The predicted molar refractivity (Wildman–Crippen MR) is 71.9 cm³/mol. The predicted octanol–water partition coefficient (Wildman–Crippen LogP) is 1.94. The van der Waals surface area contributed by atoms with Gasteiger partial charge in [0.15, 0.2) is 0 Å². The highest BCUT2D eigenvalue weighted by Gasteiger charge is 2.38. The van der Waals surface area contributed by atoms with E-state index in [1.165, 1.54) is 5.57 Å². The average Bonchev–Trinajstić information content (AvgIpc) is 2.38. The number of nitrogens with zero attached hydrogens (tertiary/aromatic N) is 2. The number of rotatable bonds is 1. The molecule has 0 bridgehead atoms. The van der Waals surface area contributed by atoms with Crippen molar-refractivity contribution in [3.05, 3.63) is 11.6 Å². The van der Waals surface area contributed by atoms with E-state index < -0.39 is 12.0 Å². The van der Waals surface area contributed by atoms with Crippen LogP contribution in [0.25, 0.3) is 0 Å². The summed E-state index contributed by atoms with van der Waals surface area (Å²) in [7, 11) is 0. The van der Waals surface area contributed by atoms with E-state index in [4.69, 9.17) is 0 Å². The molecule has 2 atom stereocenters. The van der Waals surface area contributed by atoms with Crippen molar-refractivity contribution >= 4 is 12.0 Å². The monoisotopic (exact) mass is 266 g/mol. The number of carbonyl (C=O) groups is 2. The van der Waals surface area contributed by atoms with Crippen molar-refractivity contribution in [2.45, 2.75) is 39.2 Å². The highest BCUT2D eigenvalue weighted by Crippen LogP contribution is 2.25. The minimum absolute atomic E-state index is 0.0252. The first-order valence-corrected chi connectivity index (χ1v) is 6.94. The topological polar surface area (TPSA) is 60.9 Å². The summed E-state index contributed by atoms with van der Waals surface area (Å²) in [6, 6.07) is -0.795. The Morgan fingerprint density at radius 3 is 2.68 bits per heavy atom. The Balaban J connectivity index is 2.10. The molecule has 1 N–H and O–H groups in total. The highest BCUT2D eigenvalue weighted by molar-refractivity contribution is 5.83. The Labute approximate surface area is 113 Å². The van der Waals surface area contributed by atoms with Crippen molar-refractivity contribution in [1.82, 2.24) is 9.80 Å². The maximum absolute atomic E-state index is 12.5. The third kappa shape index (κ3) is 2.91. The van der Waals surface area contributed by atoms with Gasteiger partial charge in [-0.3, -0.25) is 0 Å². The number of carboxylic acid groups (broad SMARTS) is 1. The van der Waals surface area contributed by atoms with Gasteiger partial charge in [0.25, 0.3) is 0 Å². The molecule has 0 spiro atoms. The zero-order valence-electron chi connectivity index (χ0n) is 11.6. The largest absolute Gasteiger partial charge is 0.480 e. The van der Waals surface area contributed by atoms with Gasteiger partial charge in [-0.15, -0.1) is 0 Å². The molecule has 2 aliphatic heterocycles. The van der Waals surface area contributed by atoms with Crippen LogP contribution in [0.1, 0.15) is 33.1 Å². The number of aliphatic carboxylic acids is 1. The summed E-state index contributed by atoms with van der Waals surface area (Å²) in [5.74, 6) is -0.860. The molecule has 0 saturated carbocycles. The fourth-order valence-corrected chi connectivity index (χ4v) is 2.91. The standard InChI is InChI=1S/C14H22N2O3/c1-10-5-8-15(9-6-10)14(19)16-7-3-4-11(2)12(16)13(17)18/h5,11-12H,3-4,6-9H2,1-2H3,(H,17,18). The van der Waals surface area contributed by atoms with E-state index in [2.05, 4.69) is 6.92 Å². The summed E-state index contributed by atoms with van der Waals surface area (Å²) in [5.41, 5.74) is 1.30. The first-order valence-electron chi connectivity index (χ1n) is 6.94. The molecule has 2 heterocycles. The molecule has 106 valence electrons. The number of carboxylic acids is 1. The maximum atomic E-state index is 12.5. The lowest BCUT2D eigenvalue weighted by Crippen LogP contribution is -2.56. The minimum Gasteiger partial charge on any atom is -0.480 e. The quantitative estimate of drug-likeness (QED) is 0.738. The van der Waals surface area contributed by atoms with Crippen LogP contribution in [0, 0.1) is 5.92 Å². The van der Waals surface area contributed by atoms with Gasteiger partial charge in [0.1, 0.15) is 6.04 Å². The second-order valence-corrected chi connectivity index (χ2v) is 5.63. The zero-order chi connectivity index (χ0) is 14.0. The molecule has 2 aliphatic rings. The molecular weight excluding hydrogens is 244 g/mol. The molecular formula is C14H22N2O3. The summed E-state index contributed by atoms with van der Waals surface area (Å²) in [4.78, 5) is 27.2. The van der Waals surface area contributed by atoms with Gasteiger partial charge in [0.2, 0.25) is 0 Å². The third-order valence-electron chi connectivity index (χ3n) is 4.14. The van der Waals surface area contributed by atoms with Gasteiger partial charge >= 0.3 is 12.0 Å². The van der Waals surface area contributed by atoms with Gasteiger partial charge in [0.05, 0.1) is 0 Å². The molecule has 2 amide bonds. The second-order valence-electron chi connectivity index (χ2n) is 5.63. The van der Waals surface area contributed by atoms with Crippen molar-refractivity contribution in [2.75, 3.05) is 19.6 Å². The number of piperidine rings is 1. The van der Waals surface area contributed by atoms with E-state index in [0.717, 1.165) is 19.3 Å². The summed E-state index contributed by atoms with van der Waals surface area (Å²) < 4.78 is 0. The highest BCUT2D eigenvalue weighted by atomic mass is 16.4. The summed E-state index contributed by atoms with van der Waals surface area (Å²) in [5, 5.41) is 9.34. The molecule has 5 nitrogen and oxygen atoms in total. The van der Waals surface area contributed by atoms with Crippen molar-refractivity contribution in [3.63, 3.8) is 0 Å². The number of likely N-dealkylation sites (tertiary alicyclic amines) is 1. The van der Waals surface area contributed by atoms with E-state index in [1.807, 2.05) is 13.0 Å². The molecule has 0 aromatic carbocycles. The van der Waals surface area contributed by atoms with Crippen LogP contribution in [-0.2, 0) is 4.79 Å². The van der Waals surface area contributed by atoms with Gasteiger partial charge in [-0.1, -0.05) is 18.6 Å². The minimum atomic E-state index is -0.885. The van der Waals surface area contributed by atoms with Gasteiger partial charge < -0.3 is 14.9 Å². The fraction of sp³-hybridized carbons (Fsp3) is 0.714. The third-order valence-corrected chi connectivity index (χ3v) is 4.14. The lowest BCUT2D eigenvalue weighted by molar-refractivity contribution is -0.145. The molecule has 0 radical (unpaired) electrons. The normalized spacial score (nSPS) is 28.0. The lowest BCUT2D eigenvalue weighted by atomic mass is 9.91. The van der Waals surface area contributed by atoms with Crippen molar-refractivity contribution in [2.24, 2.45) is 5.92 Å². The van der Waals surface area contributed by atoms with Crippen LogP contribution >= 0.6 is 0 Å². The van der Waals surface area contributed by atoms with Gasteiger partial charge in [-0.2, -0.15) is 0 Å². The summed E-state index contributed by atoms with van der Waals surface area (Å²) in [6.45, 7) is 5.82. The molecule has 2 unspecified atom stereocenters. The van der Waals surface area contributed by atoms with Gasteiger partial charge in [0, 0.05) is 19.6 Å². The molecule has 19 heavy (non-hydrogen) atoms. The molecule has 5 heteroatoms. The van der Waals surface area contributed by atoms with Crippen LogP contribution in [-0.4, -0.2) is 52.6 Å². The lowest BCUT2D eigenvalue weighted by Gasteiger charge is -2.40. The van der Waals surface area contributed by atoms with Crippen LogP contribution in [0.15, 0.2) is 11.6 Å². The van der Waals surface area contributed by atoms with Crippen LogP contribution in [0.5, 0.6) is 0 Å². The number of amides is 2. The molecule has 0 aromatic rings. The molecule has 0 aliphatic carbocycles. The zero-order valence-corrected chi connectivity index (χ0v) is 11.6. The summed E-state index contributed by atoms with van der Waals surface area (Å²) >= 11 is 0. The number of hydrogen-bond donors (Lipinski definition) is 1. The van der Waals surface area contributed by atoms with Crippen molar-refractivity contribution in [3.8, 4) is 0 Å². The summed E-state index contributed by atoms with van der Waals surface area (Å²) in [6.07, 6.45) is 4.69. The van der Waals surface area contributed by atoms with Crippen LogP contribution < -0.4 is 0 Å². The molecule has 1 saturated heterocycles. The SMILES string of the molecule is CC1=CCN(C(=O)N2CCCC(C)C2C(=O)O)CC1. The van der Waals surface area contributed by atoms with E-state index >= 15 is 0 Å². The van der Waals surface area contributed by atoms with E-state index in [1.54, 1.807) is 9.80 Å². The van der Waals surface area contributed by atoms with Crippen LogP contribution in [0.3, 0.4) is 0 Å². The van der Waals surface area contributed by atoms with Crippen LogP contribution in [0.2, 0.25) is 0 Å². The molecule has 1 fully saturated rings. The maximum Gasteiger partial charge on any atom is 0.326 e. The first-order chi connectivity index (χ1) is 9.00. The Kier molecular flexibility index (Phi) is 4.12. The van der Waals surface area contributed by atoms with Gasteiger partial charge in [-0.05, 0) is 32.1 Å². The first kappa shape index (κ1) is 13.9. The Bertz CT molecular complexity index is 405. The molecule has 0 aromatic heterocycles.